The molecule has 1 aromatic heterocycles. The van der Waals surface area contributed by atoms with Gasteiger partial charge in [-0.3, -0.25) is 19.4 Å². The fourth-order valence-electron chi connectivity index (χ4n) is 6.23. The van der Waals surface area contributed by atoms with Crippen LogP contribution in [0.25, 0.3) is 10.9 Å². The van der Waals surface area contributed by atoms with Crippen molar-refractivity contribution in [1.82, 2.24) is 14.8 Å². The summed E-state index contributed by atoms with van der Waals surface area (Å²) in [5.74, 6) is 0.156. The number of hydrogen-bond donors (Lipinski definition) is 1. The number of ether oxygens (including phenoxy) is 1. The molecule has 2 fully saturated rings. The third-order valence-electron chi connectivity index (χ3n) is 8.52. The number of carbonyl (C=O) groups is 1. The summed E-state index contributed by atoms with van der Waals surface area (Å²) in [7, 11) is -2.48. The molecular formula is C33H35FN4O4S. The van der Waals surface area contributed by atoms with E-state index in [1.807, 2.05) is 24.3 Å². The summed E-state index contributed by atoms with van der Waals surface area (Å²) in [6, 6.07) is 18.9. The lowest BCUT2D eigenvalue weighted by Crippen LogP contribution is -2.48. The average molecular weight is 603 g/mol. The minimum atomic E-state index is -3.92. The molecule has 0 unspecified atom stereocenters. The van der Waals surface area contributed by atoms with Crippen molar-refractivity contribution in [1.29, 1.82) is 0 Å². The highest BCUT2D eigenvalue weighted by molar-refractivity contribution is 7.93. The van der Waals surface area contributed by atoms with E-state index in [1.54, 1.807) is 47.5 Å². The Balaban J connectivity index is 1.09. The third-order valence-corrected chi connectivity index (χ3v) is 9.93. The topological polar surface area (TPSA) is 91.8 Å². The van der Waals surface area contributed by atoms with Gasteiger partial charge >= 0.3 is 0 Å². The molecule has 1 aliphatic heterocycles. The second kappa shape index (κ2) is 12.3. The van der Waals surface area contributed by atoms with Crippen LogP contribution in [0.15, 0.2) is 77.8 Å². The van der Waals surface area contributed by atoms with Gasteiger partial charge in [0, 0.05) is 55.6 Å². The van der Waals surface area contributed by atoms with Gasteiger partial charge < -0.3 is 9.64 Å². The van der Waals surface area contributed by atoms with Gasteiger partial charge in [-0.05, 0) is 78.4 Å². The largest absolute Gasteiger partial charge is 0.494 e. The van der Waals surface area contributed by atoms with Gasteiger partial charge in [0.15, 0.2) is 11.6 Å². The van der Waals surface area contributed by atoms with Crippen LogP contribution in [0.4, 0.5) is 10.1 Å². The molecule has 0 spiro atoms. The maximum atomic E-state index is 14.1. The lowest BCUT2D eigenvalue weighted by molar-refractivity contribution is 0.0628. The molecule has 1 saturated carbocycles. The van der Waals surface area contributed by atoms with Crippen LogP contribution in [0.3, 0.4) is 0 Å². The van der Waals surface area contributed by atoms with Crippen molar-refractivity contribution in [3.05, 3.63) is 95.4 Å². The molecular weight excluding hydrogens is 567 g/mol. The predicted molar refractivity (Wildman–Crippen MR) is 164 cm³/mol. The van der Waals surface area contributed by atoms with E-state index >= 15 is 0 Å². The number of methoxy groups -OCH3 is 1. The van der Waals surface area contributed by atoms with E-state index in [4.69, 9.17) is 4.74 Å². The molecule has 10 heteroatoms. The van der Waals surface area contributed by atoms with Gasteiger partial charge in [0.05, 0.1) is 12.6 Å². The minimum Gasteiger partial charge on any atom is -0.494 e. The highest BCUT2D eigenvalue weighted by Gasteiger charge is 2.25. The Kier molecular flexibility index (Phi) is 8.32. The van der Waals surface area contributed by atoms with Crippen molar-refractivity contribution < 1.29 is 22.3 Å². The van der Waals surface area contributed by atoms with Crippen molar-refractivity contribution in [3.63, 3.8) is 0 Å². The number of nitrogens with one attached hydrogen (secondary N) is 1. The Morgan fingerprint density at radius 1 is 1.00 bits per heavy atom. The van der Waals surface area contributed by atoms with Crippen molar-refractivity contribution in [2.24, 2.45) is 0 Å². The number of halogens is 1. The average Bonchev–Trinajstić information content (AvgIpc) is 3.56. The van der Waals surface area contributed by atoms with E-state index in [9.17, 15) is 17.6 Å². The van der Waals surface area contributed by atoms with Gasteiger partial charge in [-0.2, -0.15) is 0 Å². The molecule has 1 amide bonds. The molecule has 6 rings (SSSR count). The first kappa shape index (κ1) is 29.1. The maximum absolute atomic E-state index is 14.1. The van der Waals surface area contributed by atoms with Crippen LogP contribution in [0.2, 0.25) is 0 Å². The molecule has 1 saturated heterocycles. The number of aromatic nitrogens is 1. The standard InChI is InChI=1S/C33H35FN4O4S/c1-42-30-14-8-23(21-29(30)34)22-37-17-19-38(20-18-37)33(39)25-9-11-26(12-10-25)36-43(40,41)31-15-13-27(24-5-2-3-6-24)28-7-4-16-35-32(28)31/h4,7-16,21,24,36H,2-3,5-6,17-20,22H2,1H3. The SMILES string of the molecule is COc1ccc(CN2CCN(C(=O)c3ccc(NS(=O)(=O)c4ccc(C5CCCC5)c5cccnc45)cc3)CC2)cc1F. The lowest BCUT2D eigenvalue weighted by atomic mass is 9.94. The Bertz CT molecular complexity index is 1730. The van der Waals surface area contributed by atoms with E-state index in [2.05, 4.69) is 14.6 Å². The monoisotopic (exact) mass is 602 g/mol. The number of amides is 1. The molecule has 43 heavy (non-hydrogen) atoms. The molecule has 3 aromatic carbocycles. The fraction of sp³-hybridized carbons (Fsp3) is 0.333. The molecule has 4 aromatic rings. The lowest BCUT2D eigenvalue weighted by Gasteiger charge is -2.34. The number of piperazine rings is 1. The van der Waals surface area contributed by atoms with Gasteiger partial charge in [0.1, 0.15) is 4.90 Å². The second-order valence-electron chi connectivity index (χ2n) is 11.3. The Hall–Kier alpha value is -4.02. The zero-order valence-electron chi connectivity index (χ0n) is 24.1. The molecule has 0 radical (unpaired) electrons. The minimum absolute atomic E-state index is 0.109. The van der Waals surface area contributed by atoms with Crippen LogP contribution < -0.4 is 9.46 Å². The van der Waals surface area contributed by atoms with Crippen LogP contribution in [0.1, 0.15) is 53.1 Å². The number of nitrogens with zero attached hydrogens (tertiary/aromatic N) is 3. The van der Waals surface area contributed by atoms with E-state index in [0.717, 1.165) is 29.4 Å². The second-order valence-corrected chi connectivity index (χ2v) is 12.9. The first-order chi connectivity index (χ1) is 20.8. The summed E-state index contributed by atoms with van der Waals surface area (Å²) in [5, 5.41) is 0.884. The van der Waals surface area contributed by atoms with E-state index in [0.29, 0.717) is 55.4 Å². The number of benzene rings is 3. The number of sulfonamides is 1. The summed E-state index contributed by atoms with van der Waals surface area (Å²) < 4.78 is 48.7. The van der Waals surface area contributed by atoms with Gasteiger partial charge in [-0.1, -0.05) is 31.0 Å². The number of carbonyl (C=O) groups excluding carboxylic acids is 1. The van der Waals surface area contributed by atoms with Crippen molar-refractivity contribution in [3.8, 4) is 5.75 Å². The Morgan fingerprint density at radius 2 is 1.74 bits per heavy atom. The zero-order valence-corrected chi connectivity index (χ0v) is 24.9. The summed E-state index contributed by atoms with van der Waals surface area (Å²) >= 11 is 0. The molecule has 8 nitrogen and oxygen atoms in total. The number of fused-ring (bicyclic) bond motifs is 1. The quantitative estimate of drug-likeness (QED) is 0.274. The highest BCUT2D eigenvalue weighted by Crippen LogP contribution is 2.39. The number of hydrogen-bond acceptors (Lipinski definition) is 6. The molecule has 0 atom stereocenters. The van der Waals surface area contributed by atoms with Crippen LogP contribution in [-0.2, 0) is 16.6 Å². The van der Waals surface area contributed by atoms with Crippen molar-refractivity contribution in [2.45, 2.75) is 43.0 Å². The van der Waals surface area contributed by atoms with Crippen molar-refractivity contribution in [2.75, 3.05) is 38.0 Å². The first-order valence-electron chi connectivity index (χ1n) is 14.7. The van der Waals surface area contributed by atoms with Gasteiger partial charge in [0.25, 0.3) is 15.9 Å². The summed E-state index contributed by atoms with van der Waals surface area (Å²) in [4.78, 5) is 21.7. The van der Waals surface area contributed by atoms with Crippen LogP contribution in [-0.4, -0.2) is 62.4 Å². The molecule has 0 bridgehead atoms. The summed E-state index contributed by atoms with van der Waals surface area (Å²) in [6.45, 7) is 3.01. The molecule has 2 aliphatic rings. The van der Waals surface area contributed by atoms with Gasteiger partial charge in [-0.15, -0.1) is 0 Å². The highest BCUT2D eigenvalue weighted by atomic mass is 32.2. The number of pyridine rings is 1. The number of anilines is 1. The Morgan fingerprint density at radius 3 is 2.44 bits per heavy atom. The summed E-state index contributed by atoms with van der Waals surface area (Å²) in [5.41, 5.74) is 3.35. The third kappa shape index (κ3) is 6.21. The zero-order chi connectivity index (χ0) is 30.0. The molecule has 1 aliphatic carbocycles. The molecule has 2 heterocycles. The van der Waals surface area contributed by atoms with Gasteiger partial charge in [0.2, 0.25) is 0 Å². The van der Waals surface area contributed by atoms with Gasteiger partial charge in [-0.25, -0.2) is 12.8 Å². The van der Waals surface area contributed by atoms with Crippen LogP contribution in [0.5, 0.6) is 5.75 Å². The van der Waals surface area contributed by atoms with E-state index in [1.165, 1.54) is 26.0 Å². The van der Waals surface area contributed by atoms with Crippen molar-refractivity contribution >= 4 is 32.5 Å². The number of rotatable bonds is 8. The molecule has 224 valence electrons. The predicted octanol–water partition coefficient (Wildman–Crippen LogP) is 5.80. The summed E-state index contributed by atoms with van der Waals surface area (Å²) in [6.07, 6.45) is 6.23. The van der Waals surface area contributed by atoms with E-state index in [-0.39, 0.29) is 22.4 Å². The molecule has 1 N–H and O–H groups in total. The van der Waals surface area contributed by atoms with Crippen LogP contribution >= 0.6 is 0 Å². The smallest absolute Gasteiger partial charge is 0.264 e. The maximum Gasteiger partial charge on any atom is 0.264 e. The fourth-order valence-corrected chi connectivity index (χ4v) is 7.45. The first-order valence-corrected chi connectivity index (χ1v) is 16.2. The van der Waals surface area contributed by atoms with E-state index < -0.39 is 10.0 Å². The van der Waals surface area contributed by atoms with Crippen LogP contribution in [0, 0.1) is 5.82 Å². The Labute approximate surface area is 251 Å². The normalized spacial score (nSPS) is 16.5.